The summed E-state index contributed by atoms with van der Waals surface area (Å²) in [5.41, 5.74) is 1.53. The van der Waals surface area contributed by atoms with Gasteiger partial charge in [0.25, 0.3) is 0 Å². The number of nitrogens with zero attached hydrogens (tertiary/aromatic N) is 4. The molecule has 1 aromatic rings. The summed E-state index contributed by atoms with van der Waals surface area (Å²) >= 11 is 0. The molecule has 1 aliphatic rings. The summed E-state index contributed by atoms with van der Waals surface area (Å²) < 4.78 is 1.80. The van der Waals surface area contributed by atoms with Crippen molar-refractivity contribution in [1.82, 2.24) is 9.78 Å². The summed E-state index contributed by atoms with van der Waals surface area (Å²) in [7, 11) is 3.93. The molecule has 15 heavy (non-hydrogen) atoms. The minimum absolute atomic E-state index is 0.709. The fourth-order valence-corrected chi connectivity index (χ4v) is 1.99. The van der Waals surface area contributed by atoms with E-state index in [1.54, 1.807) is 4.68 Å². The number of aryl methyl sites for hydroxylation is 2. The Labute approximate surface area is 90.1 Å². The Morgan fingerprint density at radius 3 is 2.80 bits per heavy atom. The average Bonchev–Trinajstić information content (AvgIpc) is 2.91. The summed E-state index contributed by atoms with van der Waals surface area (Å²) in [6, 6.07) is 2.23. The lowest BCUT2D eigenvalue weighted by Crippen LogP contribution is -2.23. The zero-order chi connectivity index (χ0) is 11.0. The molecule has 2 rings (SSSR count). The third kappa shape index (κ3) is 1.82. The van der Waals surface area contributed by atoms with E-state index in [0.29, 0.717) is 5.56 Å². The predicted octanol–water partition coefficient (Wildman–Crippen LogP) is 1.45. The number of aromatic nitrogens is 2. The van der Waals surface area contributed by atoms with Gasteiger partial charge in [-0.3, -0.25) is 4.68 Å². The molecule has 0 saturated heterocycles. The van der Waals surface area contributed by atoms with Crippen molar-refractivity contribution in [2.75, 3.05) is 18.5 Å². The summed E-state index contributed by atoms with van der Waals surface area (Å²) in [6.45, 7) is 2.92. The van der Waals surface area contributed by atoms with Crippen molar-refractivity contribution >= 4 is 5.82 Å². The molecule has 1 saturated carbocycles. The minimum Gasteiger partial charge on any atom is -0.359 e. The van der Waals surface area contributed by atoms with Crippen LogP contribution in [0, 0.1) is 24.2 Å². The van der Waals surface area contributed by atoms with E-state index in [2.05, 4.69) is 16.1 Å². The first-order chi connectivity index (χ1) is 7.13. The van der Waals surface area contributed by atoms with Gasteiger partial charge in [-0.2, -0.15) is 10.4 Å². The van der Waals surface area contributed by atoms with Crippen LogP contribution in [0.3, 0.4) is 0 Å². The van der Waals surface area contributed by atoms with Crippen LogP contribution in [0.2, 0.25) is 0 Å². The van der Waals surface area contributed by atoms with Crippen LogP contribution < -0.4 is 4.90 Å². The maximum absolute atomic E-state index is 9.08. The lowest BCUT2D eigenvalue weighted by atomic mass is 10.2. The Balaban J connectivity index is 2.28. The van der Waals surface area contributed by atoms with Gasteiger partial charge in [-0.25, -0.2) is 0 Å². The molecule has 0 atom stereocenters. The standard InChI is InChI=1S/C11H16N4/c1-8-10(6-12)11(15(3)13-8)14(2)7-9-4-5-9/h9H,4-5,7H2,1-3H3. The lowest BCUT2D eigenvalue weighted by molar-refractivity contribution is 0.704. The van der Waals surface area contributed by atoms with E-state index >= 15 is 0 Å². The highest BCUT2D eigenvalue weighted by atomic mass is 15.4. The normalized spacial score (nSPS) is 15.1. The molecular weight excluding hydrogens is 188 g/mol. The number of hydrogen-bond donors (Lipinski definition) is 0. The first-order valence-electron chi connectivity index (χ1n) is 5.28. The molecule has 0 spiro atoms. The van der Waals surface area contributed by atoms with E-state index < -0.39 is 0 Å². The van der Waals surface area contributed by atoms with Crippen LogP contribution >= 0.6 is 0 Å². The highest BCUT2D eigenvalue weighted by molar-refractivity contribution is 5.56. The molecule has 0 N–H and O–H groups in total. The van der Waals surface area contributed by atoms with Crippen molar-refractivity contribution in [3.63, 3.8) is 0 Å². The molecule has 4 nitrogen and oxygen atoms in total. The molecule has 0 amide bonds. The van der Waals surface area contributed by atoms with Gasteiger partial charge in [0.1, 0.15) is 17.5 Å². The van der Waals surface area contributed by atoms with Gasteiger partial charge < -0.3 is 4.90 Å². The number of anilines is 1. The molecule has 80 valence electrons. The van der Waals surface area contributed by atoms with Crippen LogP contribution in [0.15, 0.2) is 0 Å². The Bertz CT molecular complexity index is 409. The smallest absolute Gasteiger partial charge is 0.144 e. The first-order valence-corrected chi connectivity index (χ1v) is 5.28. The fourth-order valence-electron chi connectivity index (χ4n) is 1.99. The third-order valence-corrected chi connectivity index (χ3v) is 2.89. The van der Waals surface area contributed by atoms with Crippen LogP contribution in [0.4, 0.5) is 5.82 Å². The highest BCUT2D eigenvalue weighted by Crippen LogP contribution is 2.31. The van der Waals surface area contributed by atoms with Crippen molar-refractivity contribution in [3.8, 4) is 6.07 Å². The third-order valence-electron chi connectivity index (χ3n) is 2.89. The zero-order valence-electron chi connectivity index (χ0n) is 9.49. The molecule has 0 radical (unpaired) electrons. The number of hydrogen-bond acceptors (Lipinski definition) is 3. The Morgan fingerprint density at radius 2 is 2.27 bits per heavy atom. The maximum atomic E-state index is 9.08. The molecular formula is C11H16N4. The van der Waals surface area contributed by atoms with Crippen molar-refractivity contribution in [2.24, 2.45) is 13.0 Å². The van der Waals surface area contributed by atoms with E-state index in [-0.39, 0.29) is 0 Å². The van der Waals surface area contributed by atoms with E-state index in [1.807, 2.05) is 21.0 Å². The Kier molecular flexibility index (Phi) is 2.39. The molecule has 0 unspecified atom stereocenters. The summed E-state index contributed by atoms with van der Waals surface area (Å²) in [5.74, 6) is 1.76. The summed E-state index contributed by atoms with van der Waals surface area (Å²) in [6.07, 6.45) is 2.64. The summed E-state index contributed by atoms with van der Waals surface area (Å²) in [5, 5.41) is 13.4. The van der Waals surface area contributed by atoms with Gasteiger partial charge in [-0.05, 0) is 25.7 Å². The average molecular weight is 204 g/mol. The second kappa shape index (κ2) is 3.58. The minimum atomic E-state index is 0.709. The van der Waals surface area contributed by atoms with Crippen molar-refractivity contribution in [1.29, 1.82) is 5.26 Å². The quantitative estimate of drug-likeness (QED) is 0.748. The van der Waals surface area contributed by atoms with Gasteiger partial charge >= 0.3 is 0 Å². The summed E-state index contributed by atoms with van der Waals surface area (Å²) in [4.78, 5) is 2.15. The number of nitriles is 1. The molecule has 0 aliphatic heterocycles. The van der Waals surface area contributed by atoms with E-state index in [0.717, 1.165) is 24.0 Å². The van der Waals surface area contributed by atoms with Gasteiger partial charge in [0, 0.05) is 20.6 Å². The molecule has 1 aliphatic carbocycles. The van der Waals surface area contributed by atoms with Crippen LogP contribution in [0.5, 0.6) is 0 Å². The van der Waals surface area contributed by atoms with Gasteiger partial charge in [-0.1, -0.05) is 0 Å². The molecule has 0 bridgehead atoms. The van der Waals surface area contributed by atoms with Gasteiger partial charge in [0.05, 0.1) is 5.69 Å². The first kappa shape index (κ1) is 10.0. The molecule has 1 heterocycles. The monoisotopic (exact) mass is 204 g/mol. The SMILES string of the molecule is Cc1nn(C)c(N(C)CC2CC2)c1C#N. The fraction of sp³-hybridized carbons (Fsp3) is 0.636. The van der Waals surface area contributed by atoms with Crippen molar-refractivity contribution in [2.45, 2.75) is 19.8 Å². The molecule has 4 heteroatoms. The van der Waals surface area contributed by atoms with Crippen molar-refractivity contribution in [3.05, 3.63) is 11.3 Å². The van der Waals surface area contributed by atoms with Crippen LogP contribution in [-0.2, 0) is 7.05 Å². The van der Waals surface area contributed by atoms with E-state index in [1.165, 1.54) is 12.8 Å². The van der Waals surface area contributed by atoms with Crippen LogP contribution in [-0.4, -0.2) is 23.4 Å². The van der Waals surface area contributed by atoms with Gasteiger partial charge in [-0.15, -0.1) is 0 Å². The maximum Gasteiger partial charge on any atom is 0.144 e. The Morgan fingerprint density at radius 1 is 1.60 bits per heavy atom. The molecule has 1 aromatic heterocycles. The molecule has 1 fully saturated rings. The van der Waals surface area contributed by atoms with Crippen LogP contribution in [0.1, 0.15) is 24.1 Å². The van der Waals surface area contributed by atoms with E-state index in [4.69, 9.17) is 5.26 Å². The van der Waals surface area contributed by atoms with Gasteiger partial charge in [0.2, 0.25) is 0 Å². The second-order valence-corrected chi connectivity index (χ2v) is 4.34. The lowest BCUT2D eigenvalue weighted by Gasteiger charge is -2.19. The van der Waals surface area contributed by atoms with Crippen LogP contribution in [0.25, 0.3) is 0 Å². The zero-order valence-corrected chi connectivity index (χ0v) is 9.49. The highest BCUT2D eigenvalue weighted by Gasteiger charge is 2.25. The van der Waals surface area contributed by atoms with E-state index in [9.17, 15) is 0 Å². The van der Waals surface area contributed by atoms with Crippen molar-refractivity contribution < 1.29 is 0 Å². The number of rotatable bonds is 3. The topological polar surface area (TPSA) is 44.9 Å². The molecule has 0 aromatic carbocycles. The largest absolute Gasteiger partial charge is 0.359 e. The predicted molar refractivity (Wildman–Crippen MR) is 58.7 cm³/mol. The van der Waals surface area contributed by atoms with Gasteiger partial charge in [0.15, 0.2) is 0 Å². The second-order valence-electron chi connectivity index (χ2n) is 4.34. The Hall–Kier alpha value is -1.50.